The van der Waals surface area contributed by atoms with E-state index in [2.05, 4.69) is 15.9 Å². The van der Waals surface area contributed by atoms with E-state index < -0.39 is 5.82 Å². The van der Waals surface area contributed by atoms with E-state index in [9.17, 15) is 9.18 Å². The number of hydrogen-bond acceptors (Lipinski definition) is 3. The molecule has 1 spiro atoms. The van der Waals surface area contributed by atoms with Gasteiger partial charge in [0.05, 0.1) is 15.6 Å². The molecule has 2 heterocycles. The van der Waals surface area contributed by atoms with Crippen LogP contribution in [0.3, 0.4) is 0 Å². The second kappa shape index (κ2) is 5.78. The Bertz CT molecular complexity index is 529. The Morgan fingerprint density at radius 2 is 2.35 bits per heavy atom. The second-order valence-corrected chi connectivity index (χ2v) is 7.45. The summed E-state index contributed by atoms with van der Waals surface area (Å²) in [6.45, 7) is 0.604. The normalized spacial score (nSPS) is 29.8. The molecule has 108 valence electrons. The molecule has 2 aliphatic heterocycles. The van der Waals surface area contributed by atoms with Crippen LogP contribution in [0.15, 0.2) is 22.7 Å². The molecule has 20 heavy (non-hydrogen) atoms. The van der Waals surface area contributed by atoms with E-state index in [-0.39, 0.29) is 22.9 Å². The highest BCUT2D eigenvalue weighted by Gasteiger charge is 2.42. The molecule has 3 rings (SSSR count). The van der Waals surface area contributed by atoms with Gasteiger partial charge in [-0.15, -0.1) is 0 Å². The topological polar surface area (TPSA) is 26.3 Å². The summed E-state index contributed by atoms with van der Waals surface area (Å²) in [4.78, 5) is 12.6. The number of carbonyl (C=O) groups excluding carboxylic acids is 1. The van der Waals surface area contributed by atoms with Crippen LogP contribution in [0.1, 0.15) is 29.6 Å². The number of Topliss-reactive ketones (excluding diaryl/α,β-unsaturated/α-hetero) is 1. The molecule has 2 atom stereocenters. The van der Waals surface area contributed by atoms with Gasteiger partial charge in [0.15, 0.2) is 5.78 Å². The average Bonchev–Trinajstić information content (AvgIpc) is 2.89. The maximum Gasteiger partial charge on any atom is 0.169 e. The van der Waals surface area contributed by atoms with Gasteiger partial charge in [-0.05, 0) is 53.1 Å². The van der Waals surface area contributed by atoms with Crippen molar-refractivity contribution in [1.29, 1.82) is 0 Å². The van der Waals surface area contributed by atoms with Crippen molar-refractivity contribution in [2.24, 2.45) is 5.92 Å². The van der Waals surface area contributed by atoms with Crippen molar-refractivity contribution >= 4 is 33.5 Å². The Balaban J connectivity index is 1.81. The van der Waals surface area contributed by atoms with Crippen molar-refractivity contribution in [2.75, 3.05) is 18.1 Å². The minimum Gasteiger partial charge on any atom is -0.374 e. The molecule has 5 heteroatoms. The number of hydrogen-bond donors (Lipinski definition) is 0. The Labute approximate surface area is 130 Å². The number of halogens is 2. The third-order valence-electron chi connectivity index (χ3n) is 4.15. The molecule has 0 saturated carbocycles. The van der Waals surface area contributed by atoms with Crippen LogP contribution in [0.25, 0.3) is 0 Å². The monoisotopic (exact) mass is 358 g/mol. The first-order chi connectivity index (χ1) is 9.61. The highest BCUT2D eigenvalue weighted by Crippen LogP contribution is 2.41. The van der Waals surface area contributed by atoms with E-state index >= 15 is 0 Å². The van der Waals surface area contributed by atoms with E-state index in [1.807, 2.05) is 11.8 Å². The van der Waals surface area contributed by atoms with Crippen LogP contribution < -0.4 is 0 Å². The SMILES string of the molecule is O=C(c1cccc(Br)c1F)C1CCOC2(CCSC2)C1. The van der Waals surface area contributed by atoms with Gasteiger partial charge in [0.25, 0.3) is 0 Å². The molecule has 0 bridgehead atoms. The maximum absolute atomic E-state index is 14.1. The largest absolute Gasteiger partial charge is 0.374 e. The predicted octanol–water partition coefficient (Wildman–Crippen LogP) is 4.07. The van der Waals surface area contributed by atoms with Crippen LogP contribution >= 0.6 is 27.7 Å². The number of carbonyl (C=O) groups is 1. The molecule has 0 aromatic heterocycles. The Morgan fingerprint density at radius 3 is 3.10 bits per heavy atom. The summed E-state index contributed by atoms with van der Waals surface area (Å²) in [6, 6.07) is 4.90. The van der Waals surface area contributed by atoms with Crippen molar-refractivity contribution in [2.45, 2.75) is 24.9 Å². The zero-order valence-corrected chi connectivity index (χ0v) is 13.4. The molecule has 2 unspecified atom stereocenters. The summed E-state index contributed by atoms with van der Waals surface area (Å²) in [5.41, 5.74) is 0.0539. The lowest BCUT2D eigenvalue weighted by atomic mass is 9.81. The van der Waals surface area contributed by atoms with Crippen molar-refractivity contribution in [3.8, 4) is 0 Å². The average molecular weight is 359 g/mol. The Kier molecular flexibility index (Phi) is 4.20. The van der Waals surface area contributed by atoms with Gasteiger partial charge in [-0.3, -0.25) is 4.79 Å². The number of rotatable bonds is 2. The molecule has 2 nitrogen and oxygen atoms in total. The molecule has 0 N–H and O–H groups in total. The third kappa shape index (κ3) is 2.68. The van der Waals surface area contributed by atoms with E-state index in [0.717, 1.165) is 24.3 Å². The zero-order chi connectivity index (χ0) is 14.2. The van der Waals surface area contributed by atoms with Gasteiger partial charge < -0.3 is 4.74 Å². The summed E-state index contributed by atoms with van der Waals surface area (Å²) in [7, 11) is 0. The van der Waals surface area contributed by atoms with Gasteiger partial charge in [0.2, 0.25) is 0 Å². The standard InChI is InChI=1S/C15H16BrFO2S/c16-12-3-1-2-11(13(12)17)14(18)10-4-6-19-15(8-10)5-7-20-9-15/h1-3,10H,4-9H2. The van der Waals surface area contributed by atoms with Crippen LogP contribution in [0.5, 0.6) is 0 Å². The molecule has 0 aliphatic carbocycles. The fourth-order valence-electron chi connectivity index (χ4n) is 3.03. The molecule has 2 aliphatic rings. The number of benzene rings is 1. The quantitative estimate of drug-likeness (QED) is 0.745. The lowest BCUT2D eigenvalue weighted by molar-refractivity contribution is -0.0735. The summed E-state index contributed by atoms with van der Waals surface area (Å²) < 4.78 is 20.3. The minimum absolute atomic E-state index is 0.0802. The summed E-state index contributed by atoms with van der Waals surface area (Å²) >= 11 is 5.02. The summed E-state index contributed by atoms with van der Waals surface area (Å²) in [5.74, 6) is 1.40. The maximum atomic E-state index is 14.1. The van der Waals surface area contributed by atoms with Crippen LogP contribution in [-0.2, 0) is 4.74 Å². The second-order valence-electron chi connectivity index (χ2n) is 5.49. The van der Waals surface area contributed by atoms with Gasteiger partial charge in [0, 0.05) is 18.3 Å². The van der Waals surface area contributed by atoms with Gasteiger partial charge in [0.1, 0.15) is 5.82 Å². The van der Waals surface area contributed by atoms with Crippen LogP contribution in [-0.4, -0.2) is 29.5 Å². The highest BCUT2D eigenvalue weighted by atomic mass is 79.9. The first-order valence-electron chi connectivity index (χ1n) is 6.81. The number of thioether (sulfide) groups is 1. The van der Waals surface area contributed by atoms with Crippen LogP contribution in [0.2, 0.25) is 0 Å². The molecule has 2 fully saturated rings. The molecule has 0 radical (unpaired) electrons. The molecular formula is C15H16BrFO2S. The molecule has 1 aromatic carbocycles. The number of ketones is 1. The van der Waals surface area contributed by atoms with Crippen molar-refractivity contribution < 1.29 is 13.9 Å². The van der Waals surface area contributed by atoms with Gasteiger partial charge in [-0.2, -0.15) is 11.8 Å². The first-order valence-corrected chi connectivity index (χ1v) is 8.76. The van der Waals surface area contributed by atoms with Gasteiger partial charge in [-0.1, -0.05) is 6.07 Å². The molecule has 2 saturated heterocycles. The molecular weight excluding hydrogens is 343 g/mol. The van der Waals surface area contributed by atoms with E-state index in [1.165, 1.54) is 0 Å². The van der Waals surface area contributed by atoms with Crippen molar-refractivity contribution in [3.05, 3.63) is 34.1 Å². The molecule has 1 aromatic rings. The van der Waals surface area contributed by atoms with Crippen molar-refractivity contribution in [3.63, 3.8) is 0 Å². The van der Waals surface area contributed by atoms with E-state index in [0.29, 0.717) is 17.5 Å². The first kappa shape index (κ1) is 14.5. The predicted molar refractivity (Wildman–Crippen MR) is 81.8 cm³/mol. The number of ether oxygens (including phenoxy) is 1. The fourth-order valence-corrected chi connectivity index (χ4v) is 4.77. The minimum atomic E-state index is -0.446. The van der Waals surface area contributed by atoms with Crippen molar-refractivity contribution in [1.82, 2.24) is 0 Å². The van der Waals surface area contributed by atoms with E-state index in [1.54, 1.807) is 18.2 Å². The van der Waals surface area contributed by atoms with Gasteiger partial charge in [-0.25, -0.2) is 4.39 Å². The lowest BCUT2D eigenvalue weighted by Crippen LogP contribution is -2.42. The smallest absolute Gasteiger partial charge is 0.169 e. The van der Waals surface area contributed by atoms with Gasteiger partial charge >= 0.3 is 0 Å². The summed E-state index contributed by atoms with van der Waals surface area (Å²) in [5, 5.41) is 0. The zero-order valence-electron chi connectivity index (χ0n) is 11.0. The fraction of sp³-hybridized carbons (Fsp3) is 0.533. The Hall–Kier alpha value is -0.390. The highest BCUT2D eigenvalue weighted by molar-refractivity contribution is 9.10. The molecule has 0 amide bonds. The van der Waals surface area contributed by atoms with Crippen LogP contribution in [0, 0.1) is 11.7 Å². The van der Waals surface area contributed by atoms with E-state index in [4.69, 9.17) is 4.74 Å². The summed E-state index contributed by atoms with van der Waals surface area (Å²) in [6.07, 6.45) is 2.42. The third-order valence-corrected chi connectivity index (χ3v) is 5.98. The Morgan fingerprint density at radius 1 is 1.50 bits per heavy atom. The van der Waals surface area contributed by atoms with Crippen LogP contribution in [0.4, 0.5) is 4.39 Å². The lowest BCUT2D eigenvalue weighted by Gasteiger charge is -2.37.